The van der Waals surface area contributed by atoms with Gasteiger partial charge in [0, 0.05) is 42.8 Å². The number of hydrogen-bond donors (Lipinski definition) is 1. The number of piperidine rings is 1. The Hall–Kier alpha value is -1.35. The highest BCUT2D eigenvalue weighted by Crippen LogP contribution is 2.50. The second-order valence-electron chi connectivity index (χ2n) is 7.01. The zero-order valence-electron chi connectivity index (χ0n) is 14.8. The monoisotopic (exact) mass is 391 g/mol. The quantitative estimate of drug-likeness (QED) is 0.857. The van der Waals surface area contributed by atoms with E-state index < -0.39 is 17.5 Å². The molecule has 0 aliphatic carbocycles. The van der Waals surface area contributed by atoms with Gasteiger partial charge in [-0.2, -0.15) is 13.2 Å². The summed E-state index contributed by atoms with van der Waals surface area (Å²) in [5, 5.41) is 3.61. The Labute approximate surface area is 154 Å². The Morgan fingerprint density at radius 2 is 2.19 bits per heavy atom. The van der Waals surface area contributed by atoms with Gasteiger partial charge in [-0.25, -0.2) is 9.78 Å². The van der Waals surface area contributed by atoms with E-state index in [1.165, 1.54) is 16.2 Å². The summed E-state index contributed by atoms with van der Waals surface area (Å²) < 4.78 is 45.9. The maximum atomic E-state index is 13.5. The number of urea groups is 1. The van der Waals surface area contributed by atoms with Crippen molar-refractivity contribution in [1.29, 1.82) is 0 Å². The maximum Gasteiger partial charge on any atom is 0.392 e. The summed E-state index contributed by atoms with van der Waals surface area (Å²) in [6.45, 7) is 3.23. The summed E-state index contributed by atoms with van der Waals surface area (Å²) in [4.78, 5) is 19.4. The fourth-order valence-corrected chi connectivity index (χ4v) is 4.79. The van der Waals surface area contributed by atoms with Gasteiger partial charge < -0.3 is 15.0 Å². The van der Waals surface area contributed by atoms with Crippen LogP contribution in [-0.4, -0.2) is 48.4 Å². The topological polar surface area (TPSA) is 54.5 Å². The van der Waals surface area contributed by atoms with Crippen molar-refractivity contribution in [2.45, 2.75) is 45.3 Å². The van der Waals surface area contributed by atoms with Gasteiger partial charge in [-0.3, -0.25) is 0 Å². The third-order valence-corrected chi connectivity index (χ3v) is 6.59. The maximum absolute atomic E-state index is 13.5. The molecule has 0 saturated carbocycles. The van der Waals surface area contributed by atoms with Crippen LogP contribution in [0.4, 0.5) is 18.0 Å². The van der Waals surface area contributed by atoms with E-state index in [0.717, 1.165) is 16.3 Å². The minimum atomic E-state index is -4.24. The Morgan fingerprint density at radius 1 is 1.46 bits per heavy atom. The number of amides is 2. The Bertz CT molecular complexity index is 629. The van der Waals surface area contributed by atoms with Crippen LogP contribution in [0.3, 0.4) is 0 Å². The highest BCUT2D eigenvalue weighted by Gasteiger charge is 2.56. The number of likely N-dealkylation sites (tertiary alicyclic amines) is 1. The summed E-state index contributed by atoms with van der Waals surface area (Å²) in [7, 11) is 0. The molecule has 3 heterocycles. The van der Waals surface area contributed by atoms with E-state index in [-0.39, 0.29) is 25.5 Å². The summed E-state index contributed by atoms with van der Waals surface area (Å²) in [6.07, 6.45) is -0.925. The van der Waals surface area contributed by atoms with E-state index in [1.807, 2.05) is 6.92 Å². The van der Waals surface area contributed by atoms with Gasteiger partial charge >= 0.3 is 12.2 Å². The molecule has 26 heavy (non-hydrogen) atoms. The number of aryl methyl sites for hydroxylation is 1. The van der Waals surface area contributed by atoms with Crippen molar-refractivity contribution in [3.05, 3.63) is 16.1 Å². The molecule has 0 unspecified atom stereocenters. The fourth-order valence-electron chi connectivity index (χ4n) is 3.99. The van der Waals surface area contributed by atoms with Crippen LogP contribution in [0.2, 0.25) is 0 Å². The lowest BCUT2D eigenvalue weighted by Crippen LogP contribution is -2.58. The van der Waals surface area contributed by atoms with Crippen molar-refractivity contribution in [3.63, 3.8) is 0 Å². The molecule has 9 heteroatoms. The first-order valence-electron chi connectivity index (χ1n) is 8.95. The van der Waals surface area contributed by atoms with Gasteiger partial charge in [0.25, 0.3) is 0 Å². The molecule has 5 nitrogen and oxygen atoms in total. The summed E-state index contributed by atoms with van der Waals surface area (Å²) in [6, 6.07) is -0.315. The van der Waals surface area contributed by atoms with Crippen molar-refractivity contribution < 1.29 is 22.7 Å². The minimum absolute atomic E-state index is 0.0475. The van der Waals surface area contributed by atoms with Crippen molar-refractivity contribution in [2.75, 3.05) is 26.3 Å². The number of thiazole rings is 1. The second-order valence-corrected chi connectivity index (χ2v) is 8.21. The molecule has 1 N–H and O–H groups in total. The average molecular weight is 391 g/mol. The predicted octanol–water partition coefficient (Wildman–Crippen LogP) is 3.60. The molecule has 2 aliphatic rings. The zero-order valence-corrected chi connectivity index (χ0v) is 15.6. The van der Waals surface area contributed by atoms with Crippen LogP contribution in [0.1, 0.15) is 36.1 Å². The van der Waals surface area contributed by atoms with Crippen molar-refractivity contribution >= 4 is 17.4 Å². The molecule has 2 saturated heterocycles. The van der Waals surface area contributed by atoms with Crippen molar-refractivity contribution in [1.82, 2.24) is 15.2 Å². The second kappa shape index (κ2) is 7.72. The summed E-state index contributed by atoms with van der Waals surface area (Å²) >= 11 is 1.54. The molecule has 1 spiro atoms. The lowest BCUT2D eigenvalue weighted by Gasteiger charge is -2.50. The first-order valence-corrected chi connectivity index (χ1v) is 9.76. The van der Waals surface area contributed by atoms with E-state index in [9.17, 15) is 18.0 Å². The normalized spacial score (nSPS) is 23.2. The lowest BCUT2D eigenvalue weighted by molar-refractivity contribution is -0.232. The van der Waals surface area contributed by atoms with Gasteiger partial charge in [0.2, 0.25) is 0 Å². The van der Waals surface area contributed by atoms with Gasteiger partial charge in [-0.1, -0.05) is 6.92 Å². The van der Waals surface area contributed by atoms with Crippen LogP contribution < -0.4 is 5.32 Å². The third kappa shape index (κ3) is 4.14. The van der Waals surface area contributed by atoms with Crippen LogP contribution >= 0.6 is 11.3 Å². The number of carbonyl (C=O) groups is 1. The number of nitrogens with zero attached hydrogens (tertiary/aromatic N) is 2. The molecule has 0 aromatic carbocycles. The molecular weight excluding hydrogens is 367 g/mol. The standard InChI is InChI=1S/C17H24F3N3O2S/c1-2-12-9-21-14(26-12)10-22-15(24)23-6-3-13(17(18,19)20)16(11-23)4-7-25-8-5-16/h9,13H,2-8,10-11H2,1H3,(H,22,24)/t13-/m0/s1. The molecule has 2 amide bonds. The minimum Gasteiger partial charge on any atom is -0.381 e. The molecule has 146 valence electrons. The molecular formula is C17H24F3N3O2S. The van der Waals surface area contributed by atoms with Crippen LogP contribution in [-0.2, 0) is 17.7 Å². The molecule has 0 radical (unpaired) electrons. The largest absolute Gasteiger partial charge is 0.392 e. The first kappa shape index (κ1) is 19.4. The molecule has 3 rings (SSSR count). The number of alkyl halides is 3. The van der Waals surface area contributed by atoms with Crippen LogP contribution in [0, 0.1) is 11.3 Å². The third-order valence-electron chi connectivity index (χ3n) is 5.44. The Morgan fingerprint density at radius 3 is 2.81 bits per heavy atom. The van der Waals surface area contributed by atoms with Crippen molar-refractivity contribution in [3.8, 4) is 0 Å². The number of rotatable bonds is 3. The first-order chi connectivity index (χ1) is 12.3. The van der Waals surface area contributed by atoms with Gasteiger partial charge in [-0.15, -0.1) is 11.3 Å². The lowest BCUT2D eigenvalue weighted by atomic mass is 9.66. The zero-order chi connectivity index (χ0) is 18.8. The molecule has 2 fully saturated rings. The highest BCUT2D eigenvalue weighted by molar-refractivity contribution is 7.11. The number of carbonyl (C=O) groups excluding carboxylic acids is 1. The van der Waals surface area contributed by atoms with Crippen LogP contribution in [0.15, 0.2) is 6.20 Å². The molecule has 1 atom stereocenters. The van der Waals surface area contributed by atoms with Gasteiger partial charge in [0.1, 0.15) is 5.01 Å². The molecule has 1 aromatic heterocycles. The predicted molar refractivity (Wildman–Crippen MR) is 91.9 cm³/mol. The Kier molecular flexibility index (Phi) is 5.76. The smallest absolute Gasteiger partial charge is 0.381 e. The SMILES string of the molecule is CCc1cnc(CNC(=O)N2CC[C@H](C(F)(F)F)C3(CCOCC3)C2)s1. The summed E-state index contributed by atoms with van der Waals surface area (Å²) in [5.41, 5.74) is -0.928. The number of hydrogen-bond acceptors (Lipinski definition) is 4. The van der Waals surface area contributed by atoms with E-state index in [0.29, 0.717) is 32.6 Å². The number of aromatic nitrogens is 1. The molecule has 0 bridgehead atoms. The number of ether oxygens (including phenoxy) is 1. The summed E-state index contributed by atoms with van der Waals surface area (Å²) in [5.74, 6) is -1.37. The van der Waals surface area contributed by atoms with Gasteiger partial charge in [-0.05, 0) is 25.7 Å². The number of nitrogens with one attached hydrogen (secondary N) is 1. The molecule has 2 aliphatic heterocycles. The van der Waals surface area contributed by atoms with Crippen LogP contribution in [0.25, 0.3) is 0 Å². The average Bonchev–Trinajstić information content (AvgIpc) is 3.07. The van der Waals surface area contributed by atoms with Gasteiger partial charge in [0.15, 0.2) is 0 Å². The van der Waals surface area contributed by atoms with Crippen LogP contribution in [0.5, 0.6) is 0 Å². The van der Waals surface area contributed by atoms with E-state index in [4.69, 9.17) is 4.74 Å². The number of halogens is 3. The Balaban J connectivity index is 1.64. The van der Waals surface area contributed by atoms with Gasteiger partial charge in [0.05, 0.1) is 12.5 Å². The van der Waals surface area contributed by atoms with E-state index >= 15 is 0 Å². The fraction of sp³-hybridized carbons (Fsp3) is 0.765. The van der Waals surface area contributed by atoms with E-state index in [2.05, 4.69) is 10.3 Å². The highest BCUT2D eigenvalue weighted by atomic mass is 32.1. The molecule has 1 aromatic rings. The van der Waals surface area contributed by atoms with E-state index in [1.54, 1.807) is 6.20 Å². The van der Waals surface area contributed by atoms with Crippen molar-refractivity contribution in [2.24, 2.45) is 11.3 Å².